The summed E-state index contributed by atoms with van der Waals surface area (Å²) in [4.78, 5) is 17.4. The third-order valence-electron chi connectivity index (χ3n) is 3.65. The largest absolute Gasteiger partial charge is 0.478 e. The Kier molecular flexibility index (Phi) is 3.60. The number of rotatable bonds is 3. The van der Waals surface area contributed by atoms with Crippen LogP contribution in [0.15, 0.2) is 18.3 Å². The Balaban J connectivity index is 2.27. The standard InChI is InChI=1S/C15H20N2O2/c1-11-9-12(5-6-13(18)19)10-16-14(11)17-8-4-7-15(17,2)3/h5-6,9-10H,4,7-8H2,1-3H3,(H,18,19)/b6-5+. The molecule has 0 spiro atoms. The Labute approximate surface area is 113 Å². The van der Waals surface area contributed by atoms with E-state index >= 15 is 0 Å². The van der Waals surface area contributed by atoms with Gasteiger partial charge in [0.05, 0.1) is 0 Å². The van der Waals surface area contributed by atoms with Gasteiger partial charge in [-0.3, -0.25) is 0 Å². The van der Waals surface area contributed by atoms with Crippen LogP contribution in [-0.4, -0.2) is 28.1 Å². The molecule has 0 amide bonds. The second-order valence-corrected chi connectivity index (χ2v) is 5.65. The van der Waals surface area contributed by atoms with Gasteiger partial charge in [-0.2, -0.15) is 0 Å². The van der Waals surface area contributed by atoms with Gasteiger partial charge in [0.2, 0.25) is 0 Å². The summed E-state index contributed by atoms with van der Waals surface area (Å²) in [7, 11) is 0. The van der Waals surface area contributed by atoms with Crippen molar-refractivity contribution in [3.05, 3.63) is 29.5 Å². The van der Waals surface area contributed by atoms with E-state index in [1.807, 2.05) is 13.0 Å². The normalized spacial score (nSPS) is 18.2. The number of aryl methyl sites for hydroxylation is 1. The molecular formula is C15H20N2O2. The molecule has 0 bridgehead atoms. The summed E-state index contributed by atoms with van der Waals surface area (Å²) >= 11 is 0. The Hall–Kier alpha value is -1.84. The summed E-state index contributed by atoms with van der Waals surface area (Å²) in [5.74, 6) is 0.0670. The number of aromatic nitrogens is 1. The molecule has 0 unspecified atom stereocenters. The molecule has 1 fully saturated rings. The maximum absolute atomic E-state index is 10.5. The van der Waals surface area contributed by atoms with Gasteiger partial charge in [0.25, 0.3) is 0 Å². The highest BCUT2D eigenvalue weighted by Crippen LogP contribution is 2.34. The highest BCUT2D eigenvalue weighted by Gasteiger charge is 2.33. The third kappa shape index (κ3) is 2.95. The topological polar surface area (TPSA) is 53.4 Å². The molecule has 0 saturated carbocycles. The summed E-state index contributed by atoms with van der Waals surface area (Å²) in [5.41, 5.74) is 2.05. The van der Waals surface area contributed by atoms with Gasteiger partial charge < -0.3 is 10.0 Å². The Morgan fingerprint density at radius 1 is 1.53 bits per heavy atom. The number of pyridine rings is 1. The zero-order valence-electron chi connectivity index (χ0n) is 11.7. The van der Waals surface area contributed by atoms with Crippen molar-refractivity contribution in [1.82, 2.24) is 4.98 Å². The first-order chi connectivity index (χ1) is 8.90. The number of carboxylic acids is 1. The van der Waals surface area contributed by atoms with Crippen LogP contribution in [0.25, 0.3) is 6.08 Å². The molecule has 2 heterocycles. The Morgan fingerprint density at radius 2 is 2.26 bits per heavy atom. The molecule has 1 aromatic heterocycles. The molecule has 1 aromatic rings. The fourth-order valence-corrected chi connectivity index (χ4v) is 2.63. The summed E-state index contributed by atoms with van der Waals surface area (Å²) in [6, 6.07) is 1.98. The highest BCUT2D eigenvalue weighted by molar-refractivity contribution is 5.85. The number of aliphatic carboxylic acids is 1. The lowest BCUT2D eigenvalue weighted by Crippen LogP contribution is -2.39. The van der Waals surface area contributed by atoms with Gasteiger partial charge in [0.15, 0.2) is 0 Å². The third-order valence-corrected chi connectivity index (χ3v) is 3.65. The number of carbonyl (C=O) groups is 1. The minimum Gasteiger partial charge on any atom is -0.478 e. The molecule has 1 saturated heterocycles. The van der Waals surface area contributed by atoms with Gasteiger partial charge in [-0.05, 0) is 56.9 Å². The van der Waals surface area contributed by atoms with Crippen molar-refractivity contribution < 1.29 is 9.90 Å². The Morgan fingerprint density at radius 3 is 2.79 bits per heavy atom. The highest BCUT2D eigenvalue weighted by atomic mass is 16.4. The second kappa shape index (κ2) is 5.03. The second-order valence-electron chi connectivity index (χ2n) is 5.65. The van der Waals surface area contributed by atoms with Crippen LogP contribution in [0.3, 0.4) is 0 Å². The van der Waals surface area contributed by atoms with Crippen molar-refractivity contribution >= 4 is 17.9 Å². The van der Waals surface area contributed by atoms with E-state index in [1.54, 1.807) is 12.3 Å². The van der Waals surface area contributed by atoms with Gasteiger partial charge in [0.1, 0.15) is 5.82 Å². The zero-order chi connectivity index (χ0) is 14.0. The van der Waals surface area contributed by atoms with E-state index in [9.17, 15) is 4.79 Å². The predicted octanol–water partition coefficient (Wildman–Crippen LogP) is 2.87. The first-order valence-corrected chi connectivity index (χ1v) is 6.55. The van der Waals surface area contributed by atoms with Crippen molar-refractivity contribution in [2.45, 2.75) is 39.2 Å². The van der Waals surface area contributed by atoms with Crippen molar-refractivity contribution in [1.29, 1.82) is 0 Å². The maximum atomic E-state index is 10.5. The molecule has 0 radical (unpaired) electrons. The van der Waals surface area contributed by atoms with Crippen LogP contribution in [0.1, 0.15) is 37.8 Å². The predicted molar refractivity (Wildman–Crippen MR) is 76.3 cm³/mol. The summed E-state index contributed by atoms with van der Waals surface area (Å²) in [5, 5.41) is 8.62. The minimum atomic E-state index is -0.942. The lowest BCUT2D eigenvalue weighted by atomic mass is 10.0. The quantitative estimate of drug-likeness (QED) is 0.849. The van der Waals surface area contributed by atoms with E-state index in [0.29, 0.717) is 0 Å². The van der Waals surface area contributed by atoms with Crippen LogP contribution in [-0.2, 0) is 4.79 Å². The first kappa shape index (κ1) is 13.6. The van der Waals surface area contributed by atoms with Gasteiger partial charge >= 0.3 is 5.97 Å². The summed E-state index contributed by atoms with van der Waals surface area (Å²) < 4.78 is 0. The molecule has 4 heteroatoms. The smallest absolute Gasteiger partial charge is 0.328 e. The first-order valence-electron chi connectivity index (χ1n) is 6.55. The van der Waals surface area contributed by atoms with Crippen molar-refractivity contribution in [3.63, 3.8) is 0 Å². The zero-order valence-corrected chi connectivity index (χ0v) is 11.7. The van der Waals surface area contributed by atoms with Crippen LogP contribution in [0.2, 0.25) is 0 Å². The molecule has 0 aromatic carbocycles. The number of anilines is 1. The van der Waals surface area contributed by atoms with E-state index in [4.69, 9.17) is 5.11 Å². The van der Waals surface area contributed by atoms with E-state index in [-0.39, 0.29) is 5.54 Å². The van der Waals surface area contributed by atoms with E-state index in [2.05, 4.69) is 23.7 Å². The van der Waals surface area contributed by atoms with Gasteiger partial charge in [0, 0.05) is 24.4 Å². The average molecular weight is 260 g/mol. The lowest BCUT2D eigenvalue weighted by Gasteiger charge is -2.33. The monoisotopic (exact) mass is 260 g/mol. The number of hydrogen-bond acceptors (Lipinski definition) is 3. The molecule has 0 atom stereocenters. The van der Waals surface area contributed by atoms with E-state index < -0.39 is 5.97 Å². The molecule has 4 nitrogen and oxygen atoms in total. The average Bonchev–Trinajstić information content (AvgIpc) is 2.66. The fourth-order valence-electron chi connectivity index (χ4n) is 2.63. The van der Waals surface area contributed by atoms with Crippen LogP contribution in [0.5, 0.6) is 0 Å². The molecule has 0 aliphatic carbocycles. The van der Waals surface area contributed by atoms with Crippen LogP contribution in [0, 0.1) is 6.92 Å². The Bertz CT molecular complexity index is 521. The molecular weight excluding hydrogens is 240 g/mol. The number of hydrogen-bond donors (Lipinski definition) is 1. The fraction of sp³-hybridized carbons (Fsp3) is 0.467. The van der Waals surface area contributed by atoms with Crippen LogP contribution >= 0.6 is 0 Å². The number of nitrogens with zero attached hydrogens (tertiary/aromatic N) is 2. The molecule has 2 rings (SSSR count). The minimum absolute atomic E-state index is 0.149. The van der Waals surface area contributed by atoms with E-state index in [0.717, 1.165) is 29.6 Å². The molecule has 102 valence electrons. The molecule has 1 aliphatic heterocycles. The number of carboxylic acid groups (broad SMARTS) is 1. The molecule has 1 N–H and O–H groups in total. The van der Waals surface area contributed by atoms with Crippen molar-refractivity contribution in [3.8, 4) is 0 Å². The SMILES string of the molecule is Cc1cc(/C=C/C(=O)O)cnc1N1CCCC1(C)C. The van der Waals surface area contributed by atoms with Crippen molar-refractivity contribution in [2.24, 2.45) is 0 Å². The lowest BCUT2D eigenvalue weighted by molar-refractivity contribution is -0.131. The van der Waals surface area contributed by atoms with Crippen LogP contribution in [0.4, 0.5) is 5.82 Å². The molecule has 1 aliphatic rings. The van der Waals surface area contributed by atoms with Gasteiger partial charge in [-0.1, -0.05) is 0 Å². The van der Waals surface area contributed by atoms with Gasteiger partial charge in [-0.15, -0.1) is 0 Å². The maximum Gasteiger partial charge on any atom is 0.328 e. The summed E-state index contributed by atoms with van der Waals surface area (Å²) in [6.07, 6.45) is 6.80. The van der Waals surface area contributed by atoms with Crippen LogP contribution < -0.4 is 4.90 Å². The van der Waals surface area contributed by atoms with E-state index in [1.165, 1.54) is 12.8 Å². The summed E-state index contributed by atoms with van der Waals surface area (Å²) in [6.45, 7) is 7.53. The molecule has 19 heavy (non-hydrogen) atoms. The van der Waals surface area contributed by atoms with Crippen molar-refractivity contribution in [2.75, 3.05) is 11.4 Å². The van der Waals surface area contributed by atoms with Gasteiger partial charge in [-0.25, -0.2) is 9.78 Å².